The predicted molar refractivity (Wildman–Crippen MR) is 134 cm³/mol. The van der Waals surface area contributed by atoms with Gasteiger partial charge < -0.3 is 20.5 Å². The van der Waals surface area contributed by atoms with Crippen molar-refractivity contribution in [2.45, 2.75) is 51.3 Å². The quantitative estimate of drug-likeness (QED) is 0.280. The Kier molecular flexibility index (Phi) is 5.22. The highest BCUT2D eigenvalue weighted by molar-refractivity contribution is 6.11. The van der Waals surface area contributed by atoms with Gasteiger partial charge in [0.2, 0.25) is 5.88 Å². The Morgan fingerprint density at radius 1 is 1.28 bits per heavy atom. The highest BCUT2D eigenvalue weighted by Crippen LogP contribution is 2.54. The molecule has 2 saturated carbocycles. The number of amides is 1. The molecule has 3 aromatic heterocycles. The van der Waals surface area contributed by atoms with Crippen LogP contribution in [0.3, 0.4) is 0 Å². The zero-order valence-electron chi connectivity index (χ0n) is 20.5. The highest BCUT2D eigenvalue weighted by Gasteiger charge is 2.55. The van der Waals surface area contributed by atoms with Crippen LogP contribution in [0.2, 0.25) is 0 Å². The molecule has 3 heterocycles. The number of ether oxygens (including phenoxy) is 1. The first-order chi connectivity index (χ1) is 17.4. The van der Waals surface area contributed by atoms with Crippen molar-refractivity contribution in [1.29, 1.82) is 0 Å². The van der Waals surface area contributed by atoms with Crippen molar-refractivity contribution in [3.8, 4) is 11.7 Å². The van der Waals surface area contributed by atoms with Gasteiger partial charge in [-0.25, -0.2) is 9.67 Å². The molecule has 2 aliphatic carbocycles. The van der Waals surface area contributed by atoms with Crippen molar-refractivity contribution in [3.63, 3.8) is 0 Å². The number of carbonyl (C=O) groups is 1. The number of hydrogen-bond donors (Lipinski definition) is 4. The van der Waals surface area contributed by atoms with Crippen LogP contribution in [0.15, 0.2) is 36.7 Å². The van der Waals surface area contributed by atoms with Crippen molar-refractivity contribution < 1.29 is 14.6 Å². The lowest BCUT2D eigenvalue weighted by molar-refractivity contribution is 0.0927. The summed E-state index contributed by atoms with van der Waals surface area (Å²) in [6.45, 7) is 3.83. The Morgan fingerprint density at radius 3 is 2.78 bits per heavy atom. The molecule has 0 saturated heterocycles. The van der Waals surface area contributed by atoms with Gasteiger partial charge in [0, 0.05) is 23.2 Å². The molecule has 2 aliphatic rings. The van der Waals surface area contributed by atoms with E-state index in [0.717, 1.165) is 42.2 Å². The molecule has 0 bridgehead atoms. The lowest BCUT2D eigenvalue weighted by Crippen LogP contribution is -2.39. The molecule has 1 amide bonds. The smallest absolute Gasteiger partial charge is 0.256 e. The van der Waals surface area contributed by atoms with Crippen LogP contribution >= 0.6 is 0 Å². The number of carbonyl (C=O) groups excluding carboxylic acids is 1. The topological polar surface area (TPSA) is 130 Å². The lowest BCUT2D eigenvalue weighted by Gasteiger charge is -2.22. The number of hydrogen-bond acceptors (Lipinski definition) is 7. The van der Waals surface area contributed by atoms with E-state index in [-0.39, 0.29) is 11.4 Å². The van der Waals surface area contributed by atoms with Gasteiger partial charge in [0.1, 0.15) is 0 Å². The number of methoxy groups -OCH3 is 1. The Balaban J connectivity index is 1.40. The molecule has 4 aromatic rings. The number of pyridine rings is 1. The van der Waals surface area contributed by atoms with Crippen LogP contribution in [-0.4, -0.2) is 48.6 Å². The van der Waals surface area contributed by atoms with Crippen molar-refractivity contribution in [1.82, 2.24) is 30.3 Å². The van der Waals surface area contributed by atoms with Crippen molar-refractivity contribution in [3.05, 3.63) is 59.0 Å². The van der Waals surface area contributed by atoms with Crippen LogP contribution in [-0.2, 0) is 0 Å². The lowest BCUT2D eigenvalue weighted by atomic mass is 10.0. The minimum atomic E-state index is -1.20. The number of aryl methyl sites for hydroxylation is 2. The van der Waals surface area contributed by atoms with E-state index in [1.165, 1.54) is 7.11 Å². The van der Waals surface area contributed by atoms with Crippen molar-refractivity contribution in [2.75, 3.05) is 12.4 Å². The number of nitrogens with zero attached hydrogens (tertiary/aromatic N) is 4. The van der Waals surface area contributed by atoms with Gasteiger partial charge in [-0.3, -0.25) is 9.89 Å². The van der Waals surface area contributed by atoms with Gasteiger partial charge in [-0.15, -0.1) is 5.10 Å². The molecule has 0 aliphatic heterocycles. The molecule has 0 spiro atoms. The Hall–Kier alpha value is -3.92. The Bertz CT molecular complexity index is 1470. The number of aliphatic hydroxyl groups excluding tert-OH is 1. The molecule has 1 aromatic carbocycles. The van der Waals surface area contributed by atoms with Crippen LogP contribution in [0.1, 0.15) is 59.1 Å². The third-order valence-electron chi connectivity index (χ3n) is 7.34. The maximum absolute atomic E-state index is 13.7. The first-order valence-corrected chi connectivity index (χ1v) is 12.2. The van der Waals surface area contributed by atoms with Gasteiger partial charge in [-0.2, -0.15) is 5.10 Å². The molecule has 1 atom stereocenters. The second-order valence-electron chi connectivity index (χ2n) is 9.88. The van der Waals surface area contributed by atoms with Gasteiger partial charge >= 0.3 is 0 Å². The molecular formula is C26H29N7O3. The maximum atomic E-state index is 13.7. The summed E-state index contributed by atoms with van der Waals surface area (Å²) in [7, 11) is 1.52. The SMILES string of the molecule is COc1cc(C(O)Nc2c(C)cc3cn[nH]c3c2C(=O)NC2(C3CC3)CC2)n(-c2ncccc2C)n1. The summed E-state index contributed by atoms with van der Waals surface area (Å²) >= 11 is 0. The van der Waals surface area contributed by atoms with E-state index >= 15 is 0 Å². The molecule has 10 nitrogen and oxygen atoms in total. The molecule has 6 rings (SSSR count). The number of H-pyrrole nitrogens is 1. The van der Waals surface area contributed by atoms with Gasteiger partial charge in [-0.1, -0.05) is 6.07 Å². The minimum absolute atomic E-state index is 0.0917. The predicted octanol–water partition coefficient (Wildman–Crippen LogP) is 3.54. The van der Waals surface area contributed by atoms with Gasteiger partial charge in [0.05, 0.1) is 35.8 Å². The second kappa shape index (κ2) is 8.34. The van der Waals surface area contributed by atoms with E-state index in [4.69, 9.17) is 4.74 Å². The van der Waals surface area contributed by atoms with Crippen molar-refractivity contribution >= 4 is 22.5 Å². The number of aliphatic hydroxyl groups is 1. The standard InChI is InChI=1S/C26H29N7O3/c1-14-5-4-10-27-23(14)33-18(12-19(32-33)36-3)24(34)29-21-15(2)11-16-13-28-31-22(16)20(21)25(35)30-26(8-9-26)17-6-7-17/h4-5,10-13,17,24,29,34H,6-9H2,1-3H3,(H,28,31)(H,30,35). The number of benzene rings is 1. The van der Waals surface area contributed by atoms with Gasteiger partial charge in [-0.05, 0) is 68.7 Å². The molecule has 2 fully saturated rings. The summed E-state index contributed by atoms with van der Waals surface area (Å²) in [5.41, 5.74) is 3.66. The fourth-order valence-electron chi connectivity index (χ4n) is 5.09. The molecular weight excluding hydrogens is 458 g/mol. The summed E-state index contributed by atoms with van der Waals surface area (Å²) < 4.78 is 6.90. The molecule has 1 unspecified atom stereocenters. The van der Waals surface area contributed by atoms with Crippen LogP contribution in [0.5, 0.6) is 5.88 Å². The molecule has 186 valence electrons. The fourth-order valence-corrected chi connectivity index (χ4v) is 5.09. The molecule has 10 heteroatoms. The first kappa shape index (κ1) is 22.5. The van der Waals surface area contributed by atoms with E-state index in [2.05, 4.69) is 30.9 Å². The highest BCUT2D eigenvalue weighted by atomic mass is 16.5. The van der Waals surface area contributed by atoms with E-state index in [9.17, 15) is 9.90 Å². The number of anilines is 1. The number of aromatic nitrogens is 5. The van der Waals surface area contributed by atoms with Crippen LogP contribution < -0.4 is 15.4 Å². The van der Waals surface area contributed by atoms with Crippen molar-refractivity contribution in [2.24, 2.45) is 5.92 Å². The number of aromatic amines is 1. The first-order valence-electron chi connectivity index (χ1n) is 12.2. The van der Waals surface area contributed by atoms with Crippen LogP contribution in [0.4, 0.5) is 5.69 Å². The van der Waals surface area contributed by atoms with E-state index in [1.807, 2.05) is 32.0 Å². The molecule has 36 heavy (non-hydrogen) atoms. The van der Waals surface area contributed by atoms with Gasteiger partial charge in [0.15, 0.2) is 12.0 Å². The third-order valence-corrected chi connectivity index (χ3v) is 7.34. The summed E-state index contributed by atoms with van der Waals surface area (Å²) in [5.74, 6) is 1.32. The molecule has 4 N–H and O–H groups in total. The molecule has 0 radical (unpaired) electrons. The average Bonchev–Trinajstić information content (AvgIpc) is 3.77. The average molecular weight is 488 g/mol. The summed E-state index contributed by atoms with van der Waals surface area (Å²) in [5, 5.41) is 30.3. The zero-order valence-corrected chi connectivity index (χ0v) is 20.5. The number of rotatable bonds is 8. The second-order valence-corrected chi connectivity index (χ2v) is 9.88. The minimum Gasteiger partial charge on any atom is -0.480 e. The Labute approximate surface area is 208 Å². The normalized spacial score (nSPS) is 17.1. The fraction of sp³-hybridized carbons (Fsp3) is 0.385. The zero-order chi connectivity index (χ0) is 25.0. The Morgan fingerprint density at radius 2 is 2.08 bits per heavy atom. The maximum Gasteiger partial charge on any atom is 0.256 e. The largest absolute Gasteiger partial charge is 0.480 e. The number of fused-ring (bicyclic) bond motifs is 1. The third kappa shape index (κ3) is 3.78. The summed E-state index contributed by atoms with van der Waals surface area (Å²) in [6.07, 6.45) is 6.52. The van der Waals surface area contributed by atoms with E-state index in [1.54, 1.807) is 23.1 Å². The van der Waals surface area contributed by atoms with E-state index < -0.39 is 6.23 Å². The summed E-state index contributed by atoms with van der Waals surface area (Å²) in [4.78, 5) is 18.1. The number of nitrogens with one attached hydrogen (secondary N) is 3. The summed E-state index contributed by atoms with van der Waals surface area (Å²) in [6, 6.07) is 7.36. The monoisotopic (exact) mass is 487 g/mol. The van der Waals surface area contributed by atoms with E-state index in [0.29, 0.717) is 40.1 Å². The van der Waals surface area contributed by atoms with Gasteiger partial charge in [0.25, 0.3) is 5.91 Å². The van der Waals surface area contributed by atoms with Crippen LogP contribution in [0, 0.1) is 19.8 Å². The van der Waals surface area contributed by atoms with Crippen LogP contribution in [0.25, 0.3) is 16.7 Å².